The van der Waals surface area contributed by atoms with E-state index in [-0.39, 0.29) is 5.91 Å². The van der Waals surface area contributed by atoms with Crippen LogP contribution in [0.15, 0.2) is 36.8 Å². The maximum absolute atomic E-state index is 11.9. The van der Waals surface area contributed by atoms with Crippen LogP contribution >= 0.6 is 0 Å². The lowest BCUT2D eigenvalue weighted by molar-refractivity contribution is 0.0948. The second-order valence-corrected chi connectivity index (χ2v) is 4.59. The van der Waals surface area contributed by atoms with E-state index in [1.165, 1.54) is 6.20 Å². The van der Waals surface area contributed by atoms with E-state index in [0.29, 0.717) is 18.7 Å². The molecule has 21 heavy (non-hydrogen) atoms. The number of hydrogen-bond donors (Lipinski definition) is 1. The van der Waals surface area contributed by atoms with Crippen LogP contribution in [-0.4, -0.2) is 37.0 Å². The summed E-state index contributed by atoms with van der Waals surface area (Å²) >= 11 is 0. The molecule has 3 aromatic heterocycles. The molecule has 0 atom stereocenters. The molecule has 0 aliphatic rings. The first-order chi connectivity index (χ1) is 10.2. The highest BCUT2D eigenvalue weighted by Crippen LogP contribution is 2.03. The van der Waals surface area contributed by atoms with Gasteiger partial charge >= 0.3 is 0 Å². The number of nitrogens with zero attached hydrogens (tertiary/aromatic N) is 5. The molecule has 1 N–H and O–H groups in total. The smallest absolute Gasteiger partial charge is 0.271 e. The fourth-order valence-corrected chi connectivity index (χ4v) is 1.95. The Hall–Kier alpha value is -2.83. The van der Waals surface area contributed by atoms with Crippen LogP contribution in [0.1, 0.15) is 22.0 Å². The standard InChI is InChI=1S/C14H14N6O/c1-10-8-17-11(9-16-10)14(21)15-6-5-13-19-18-12-4-2-3-7-20(12)13/h2-4,7-9H,5-6H2,1H3,(H,15,21). The summed E-state index contributed by atoms with van der Waals surface area (Å²) in [4.78, 5) is 20.0. The lowest BCUT2D eigenvalue weighted by Crippen LogP contribution is -2.27. The second kappa shape index (κ2) is 5.66. The fraction of sp³-hybridized carbons (Fsp3) is 0.214. The average Bonchev–Trinajstić information content (AvgIpc) is 2.91. The van der Waals surface area contributed by atoms with E-state index in [1.54, 1.807) is 6.20 Å². The van der Waals surface area contributed by atoms with Gasteiger partial charge in [0.05, 0.1) is 11.9 Å². The van der Waals surface area contributed by atoms with Gasteiger partial charge in [0.25, 0.3) is 5.91 Å². The molecule has 3 rings (SSSR count). The fourth-order valence-electron chi connectivity index (χ4n) is 1.95. The first-order valence-corrected chi connectivity index (χ1v) is 6.59. The third kappa shape index (κ3) is 2.86. The number of amides is 1. The summed E-state index contributed by atoms with van der Waals surface area (Å²) in [6, 6.07) is 5.71. The number of pyridine rings is 1. The van der Waals surface area contributed by atoms with Crippen molar-refractivity contribution < 1.29 is 4.79 Å². The van der Waals surface area contributed by atoms with Gasteiger partial charge in [0, 0.05) is 25.4 Å². The highest BCUT2D eigenvalue weighted by Gasteiger charge is 2.08. The molecule has 0 saturated carbocycles. The second-order valence-electron chi connectivity index (χ2n) is 4.59. The number of fused-ring (bicyclic) bond motifs is 1. The van der Waals surface area contributed by atoms with Gasteiger partial charge in [-0.2, -0.15) is 0 Å². The minimum absolute atomic E-state index is 0.240. The SMILES string of the molecule is Cc1cnc(C(=O)NCCc2nnc3ccccn23)cn1. The average molecular weight is 282 g/mol. The van der Waals surface area contributed by atoms with Crippen molar-refractivity contribution in [3.63, 3.8) is 0 Å². The molecule has 0 fully saturated rings. The maximum atomic E-state index is 11.9. The van der Waals surface area contributed by atoms with Crippen LogP contribution in [0.25, 0.3) is 5.65 Å². The minimum Gasteiger partial charge on any atom is -0.350 e. The Bertz CT molecular complexity index is 764. The molecule has 7 heteroatoms. The molecule has 0 aromatic carbocycles. The number of rotatable bonds is 4. The van der Waals surface area contributed by atoms with Crippen molar-refractivity contribution in [3.05, 3.63) is 54.0 Å². The summed E-state index contributed by atoms with van der Waals surface area (Å²) in [5.74, 6) is 0.567. The van der Waals surface area contributed by atoms with Crippen molar-refractivity contribution in [1.29, 1.82) is 0 Å². The van der Waals surface area contributed by atoms with Crippen LogP contribution in [-0.2, 0) is 6.42 Å². The van der Waals surface area contributed by atoms with E-state index in [4.69, 9.17) is 0 Å². The van der Waals surface area contributed by atoms with E-state index < -0.39 is 0 Å². The Morgan fingerprint density at radius 3 is 2.95 bits per heavy atom. The van der Waals surface area contributed by atoms with Crippen LogP contribution in [0, 0.1) is 6.92 Å². The molecular formula is C14H14N6O. The molecule has 3 aromatic rings. The summed E-state index contributed by atoms with van der Waals surface area (Å²) in [6.07, 6.45) is 5.53. The van der Waals surface area contributed by atoms with E-state index in [1.807, 2.05) is 35.7 Å². The summed E-state index contributed by atoms with van der Waals surface area (Å²) in [5.41, 5.74) is 1.89. The summed E-state index contributed by atoms with van der Waals surface area (Å²) in [7, 11) is 0. The van der Waals surface area contributed by atoms with Gasteiger partial charge in [-0.1, -0.05) is 6.07 Å². The zero-order valence-electron chi connectivity index (χ0n) is 11.5. The van der Waals surface area contributed by atoms with Crippen molar-refractivity contribution in [2.24, 2.45) is 0 Å². The van der Waals surface area contributed by atoms with Gasteiger partial charge in [-0.3, -0.25) is 14.2 Å². The van der Waals surface area contributed by atoms with Gasteiger partial charge < -0.3 is 5.32 Å². The minimum atomic E-state index is -0.240. The number of carbonyl (C=O) groups excluding carboxylic acids is 1. The van der Waals surface area contributed by atoms with Crippen LogP contribution < -0.4 is 5.32 Å². The third-order valence-electron chi connectivity index (χ3n) is 3.03. The van der Waals surface area contributed by atoms with Gasteiger partial charge in [-0.25, -0.2) is 4.98 Å². The van der Waals surface area contributed by atoms with Crippen LogP contribution in [0.5, 0.6) is 0 Å². The predicted octanol–water partition coefficient (Wildman–Crippen LogP) is 0.800. The highest BCUT2D eigenvalue weighted by atomic mass is 16.1. The normalized spacial score (nSPS) is 10.7. The van der Waals surface area contributed by atoms with Gasteiger partial charge in [0.15, 0.2) is 5.65 Å². The summed E-state index contributed by atoms with van der Waals surface area (Å²) in [6.45, 7) is 2.29. The highest BCUT2D eigenvalue weighted by molar-refractivity contribution is 5.91. The Kier molecular flexibility index (Phi) is 3.55. The predicted molar refractivity (Wildman–Crippen MR) is 75.8 cm³/mol. The van der Waals surface area contributed by atoms with E-state index in [9.17, 15) is 4.79 Å². The first-order valence-electron chi connectivity index (χ1n) is 6.59. The number of nitrogens with one attached hydrogen (secondary N) is 1. The molecular weight excluding hydrogens is 268 g/mol. The number of hydrogen-bond acceptors (Lipinski definition) is 5. The van der Waals surface area contributed by atoms with Crippen molar-refractivity contribution in [1.82, 2.24) is 29.9 Å². The molecule has 0 spiro atoms. The Labute approximate surface area is 121 Å². The lowest BCUT2D eigenvalue weighted by Gasteiger charge is -2.04. The van der Waals surface area contributed by atoms with E-state index in [2.05, 4.69) is 25.5 Å². The van der Waals surface area contributed by atoms with E-state index >= 15 is 0 Å². The molecule has 3 heterocycles. The molecule has 0 aliphatic carbocycles. The van der Waals surface area contributed by atoms with Crippen molar-refractivity contribution in [2.75, 3.05) is 6.54 Å². The molecule has 1 amide bonds. The first kappa shape index (κ1) is 13.2. The molecule has 7 nitrogen and oxygen atoms in total. The Morgan fingerprint density at radius 1 is 1.24 bits per heavy atom. The van der Waals surface area contributed by atoms with Crippen LogP contribution in [0.4, 0.5) is 0 Å². The zero-order chi connectivity index (χ0) is 14.7. The van der Waals surface area contributed by atoms with Crippen LogP contribution in [0.3, 0.4) is 0 Å². The third-order valence-corrected chi connectivity index (χ3v) is 3.03. The summed E-state index contributed by atoms with van der Waals surface area (Å²) in [5, 5.41) is 11.0. The quantitative estimate of drug-likeness (QED) is 0.765. The molecule has 0 unspecified atom stereocenters. The molecule has 106 valence electrons. The topological polar surface area (TPSA) is 85.1 Å². The van der Waals surface area contributed by atoms with Crippen LogP contribution in [0.2, 0.25) is 0 Å². The number of aryl methyl sites for hydroxylation is 1. The number of carbonyl (C=O) groups is 1. The number of aromatic nitrogens is 5. The molecule has 0 bridgehead atoms. The molecule has 0 saturated heterocycles. The Balaban J connectivity index is 1.61. The van der Waals surface area contributed by atoms with Gasteiger partial charge in [-0.05, 0) is 19.1 Å². The zero-order valence-corrected chi connectivity index (χ0v) is 11.5. The monoisotopic (exact) mass is 282 g/mol. The lowest BCUT2D eigenvalue weighted by atomic mass is 10.3. The van der Waals surface area contributed by atoms with E-state index in [0.717, 1.165) is 17.2 Å². The maximum Gasteiger partial charge on any atom is 0.271 e. The van der Waals surface area contributed by atoms with Gasteiger partial charge in [0.2, 0.25) is 0 Å². The van der Waals surface area contributed by atoms with Gasteiger partial charge in [-0.15, -0.1) is 10.2 Å². The molecule has 0 radical (unpaired) electrons. The Morgan fingerprint density at radius 2 is 2.14 bits per heavy atom. The van der Waals surface area contributed by atoms with Crippen molar-refractivity contribution in [3.8, 4) is 0 Å². The van der Waals surface area contributed by atoms with Crippen molar-refractivity contribution >= 4 is 11.6 Å². The summed E-state index contributed by atoms with van der Waals surface area (Å²) < 4.78 is 1.90. The van der Waals surface area contributed by atoms with Gasteiger partial charge in [0.1, 0.15) is 11.5 Å². The molecule has 0 aliphatic heterocycles. The van der Waals surface area contributed by atoms with Crippen molar-refractivity contribution in [2.45, 2.75) is 13.3 Å². The largest absolute Gasteiger partial charge is 0.350 e.